The number of rotatable bonds is 2. The molecule has 0 bridgehead atoms. The van der Waals surface area contributed by atoms with Crippen LogP contribution in [0.25, 0.3) is 0 Å². The van der Waals surface area contributed by atoms with E-state index in [0.717, 1.165) is 24.1 Å². The van der Waals surface area contributed by atoms with Gasteiger partial charge in [0, 0.05) is 6.54 Å². The van der Waals surface area contributed by atoms with Crippen molar-refractivity contribution in [2.45, 2.75) is 12.8 Å². The number of nitrogens with zero attached hydrogens (tertiary/aromatic N) is 4. The van der Waals surface area contributed by atoms with Crippen LogP contribution in [0, 0.1) is 0 Å². The molecular formula is C12H13N5O2. The molecule has 0 radical (unpaired) electrons. The highest BCUT2D eigenvalue weighted by molar-refractivity contribution is 6.05. The number of para-hydroxylation sites is 1. The molecule has 3 rings (SSSR count). The third-order valence-corrected chi connectivity index (χ3v) is 3.18. The van der Waals surface area contributed by atoms with Crippen molar-refractivity contribution in [3.63, 3.8) is 0 Å². The average molecular weight is 259 g/mol. The Balaban J connectivity index is 2.05. The number of ether oxygens (including phenoxy) is 1. The van der Waals surface area contributed by atoms with Gasteiger partial charge in [-0.05, 0) is 29.7 Å². The van der Waals surface area contributed by atoms with Gasteiger partial charge < -0.3 is 9.64 Å². The number of hydrogen-bond donors (Lipinski definition) is 1. The molecular weight excluding hydrogens is 246 g/mol. The number of aromatic amines is 1. The van der Waals surface area contributed by atoms with Crippen molar-refractivity contribution >= 4 is 11.6 Å². The summed E-state index contributed by atoms with van der Waals surface area (Å²) >= 11 is 0. The van der Waals surface area contributed by atoms with E-state index in [1.165, 1.54) is 0 Å². The lowest BCUT2D eigenvalue weighted by atomic mass is 10.0. The highest BCUT2D eigenvalue weighted by atomic mass is 16.5. The Morgan fingerprint density at radius 2 is 2.37 bits per heavy atom. The number of benzene rings is 1. The fourth-order valence-electron chi connectivity index (χ4n) is 2.36. The van der Waals surface area contributed by atoms with Crippen LogP contribution in [0.1, 0.15) is 22.6 Å². The molecule has 1 N–H and O–H groups in total. The number of aryl methyl sites for hydroxylation is 1. The zero-order valence-electron chi connectivity index (χ0n) is 10.5. The molecule has 19 heavy (non-hydrogen) atoms. The second-order valence-electron chi connectivity index (χ2n) is 4.26. The third-order valence-electron chi connectivity index (χ3n) is 3.18. The fourth-order valence-corrected chi connectivity index (χ4v) is 2.36. The highest BCUT2D eigenvalue weighted by Crippen LogP contribution is 2.36. The van der Waals surface area contributed by atoms with Crippen LogP contribution in [-0.2, 0) is 6.42 Å². The van der Waals surface area contributed by atoms with E-state index in [-0.39, 0.29) is 11.7 Å². The van der Waals surface area contributed by atoms with Gasteiger partial charge in [0.25, 0.3) is 11.7 Å². The number of anilines is 1. The first-order valence-corrected chi connectivity index (χ1v) is 6.02. The summed E-state index contributed by atoms with van der Waals surface area (Å²) in [5.74, 6) is 0.493. The number of carbonyl (C=O) groups is 1. The fraction of sp³-hybridized carbons (Fsp3) is 0.333. The number of H-pyrrole nitrogens is 1. The van der Waals surface area contributed by atoms with Crippen molar-refractivity contribution in [3.05, 3.63) is 29.6 Å². The van der Waals surface area contributed by atoms with Gasteiger partial charge in [-0.1, -0.05) is 12.1 Å². The van der Waals surface area contributed by atoms with E-state index >= 15 is 0 Å². The summed E-state index contributed by atoms with van der Waals surface area (Å²) in [5.41, 5.74) is 1.91. The second-order valence-corrected chi connectivity index (χ2v) is 4.26. The van der Waals surface area contributed by atoms with E-state index in [0.29, 0.717) is 12.3 Å². The van der Waals surface area contributed by atoms with Crippen molar-refractivity contribution in [3.8, 4) is 5.75 Å². The van der Waals surface area contributed by atoms with Gasteiger partial charge in [-0.3, -0.25) is 4.79 Å². The largest absolute Gasteiger partial charge is 0.495 e. The van der Waals surface area contributed by atoms with Gasteiger partial charge in [0.1, 0.15) is 5.75 Å². The van der Waals surface area contributed by atoms with Crippen LogP contribution in [-0.4, -0.2) is 40.2 Å². The lowest BCUT2D eigenvalue weighted by molar-refractivity contribution is 0.0974. The first-order valence-electron chi connectivity index (χ1n) is 6.02. The van der Waals surface area contributed by atoms with E-state index in [4.69, 9.17) is 4.74 Å². The summed E-state index contributed by atoms with van der Waals surface area (Å²) < 4.78 is 5.35. The Hall–Kier alpha value is -2.44. The Labute approximate surface area is 109 Å². The minimum atomic E-state index is -0.265. The highest BCUT2D eigenvalue weighted by Gasteiger charge is 2.28. The average Bonchev–Trinajstić information content (AvgIpc) is 2.99. The van der Waals surface area contributed by atoms with Gasteiger partial charge in [-0.2, -0.15) is 5.21 Å². The van der Waals surface area contributed by atoms with Crippen molar-refractivity contribution < 1.29 is 9.53 Å². The number of tetrazole rings is 1. The molecule has 1 aliphatic rings. The third kappa shape index (κ3) is 1.92. The first kappa shape index (κ1) is 11.6. The summed E-state index contributed by atoms with van der Waals surface area (Å²) in [6.45, 7) is 0.626. The predicted molar refractivity (Wildman–Crippen MR) is 67.2 cm³/mol. The lowest BCUT2D eigenvalue weighted by Crippen LogP contribution is -2.36. The summed E-state index contributed by atoms with van der Waals surface area (Å²) in [5, 5.41) is 13.2. The van der Waals surface area contributed by atoms with E-state index in [1.807, 2.05) is 18.2 Å². The van der Waals surface area contributed by atoms with Crippen LogP contribution in [0.4, 0.5) is 5.69 Å². The number of hydrogen-bond acceptors (Lipinski definition) is 5. The molecule has 7 heteroatoms. The molecule has 0 aliphatic carbocycles. The van der Waals surface area contributed by atoms with Crippen LogP contribution in [0.3, 0.4) is 0 Å². The number of fused-ring (bicyclic) bond motifs is 1. The van der Waals surface area contributed by atoms with Gasteiger partial charge in [-0.25, -0.2) is 0 Å². The molecule has 1 aromatic carbocycles. The Kier molecular flexibility index (Phi) is 2.86. The smallest absolute Gasteiger partial charge is 0.299 e. The van der Waals surface area contributed by atoms with Gasteiger partial charge in [0.2, 0.25) is 0 Å². The van der Waals surface area contributed by atoms with Crippen molar-refractivity contribution in [2.24, 2.45) is 0 Å². The molecule has 0 saturated heterocycles. The molecule has 2 heterocycles. The Morgan fingerprint density at radius 3 is 3.11 bits per heavy atom. The number of amides is 1. The molecule has 7 nitrogen and oxygen atoms in total. The predicted octanol–water partition coefficient (Wildman–Crippen LogP) is 0.801. The Bertz CT molecular complexity index is 582. The zero-order chi connectivity index (χ0) is 13.2. The summed E-state index contributed by atoms with van der Waals surface area (Å²) in [6.07, 6.45) is 1.84. The quantitative estimate of drug-likeness (QED) is 0.862. The lowest BCUT2D eigenvalue weighted by Gasteiger charge is -2.29. The van der Waals surface area contributed by atoms with Crippen molar-refractivity contribution in [1.82, 2.24) is 20.6 Å². The number of methoxy groups -OCH3 is 1. The number of nitrogens with one attached hydrogen (secondary N) is 1. The van der Waals surface area contributed by atoms with Crippen molar-refractivity contribution in [1.29, 1.82) is 0 Å². The van der Waals surface area contributed by atoms with Crippen LogP contribution in [0.5, 0.6) is 5.75 Å². The molecule has 2 aromatic rings. The molecule has 0 fully saturated rings. The topological polar surface area (TPSA) is 84.0 Å². The second kappa shape index (κ2) is 4.68. The SMILES string of the molecule is COc1cccc2c1N(C(=O)c1nn[nH]n1)CCC2. The van der Waals surface area contributed by atoms with Gasteiger partial charge in [0.05, 0.1) is 12.8 Å². The summed E-state index contributed by atoms with van der Waals surface area (Å²) in [4.78, 5) is 14.0. The number of carbonyl (C=O) groups excluding carboxylic acids is 1. The maximum Gasteiger partial charge on any atom is 0.299 e. The molecule has 0 spiro atoms. The number of aromatic nitrogens is 4. The van der Waals surface area contributed by atoms with E-state index < -0.39 is 0 Å². The van der Waals surface area contributed by atoms with Gasteiger partial charge in [0.15, 0.2) is 0 Å². The Morgan fingerprint density at radius 1 is 1.47 bits per heavy atom. The van der Waals surface area contributed by atoms with E-state index in [1.54, 1.807) is 12.0 Å². The molecule has 1 amide bonds. The maximum absolute atomic E-state index is 12.4. The van der Waals surface area contributed by atoms with Crippen LogP contribution in [0.15, 0.2) is 18.2 Å². The monoisotopic (exact) mass is 259 g/mol. The normalized spacial score (nSPS) is 14.1. The van der Waals surface area contributed by atoms with E-state index in [9.17, 15) is 4.79 Å². The molecule has 0 unspecified atom stereocenters. The van der Waals surface area contributed by atoms with Gasteiger partial charge in [-0.15, -0.1) is 10.2 Å². The molecule has 0 atom stereocenters. The molecule has 1 aliphatic heterocycles. The molecule has 0 saturated carbocycles. The first-order chi connectivity index (χ1) is 9.31. The van der Waals surface area contributed by atoms with Gasteiger partial charge >= 0.3 is 0 Å². The zero-order valence-corrected chi connectivity index (χ0v) is 10.5. The van der Waals surface area contributed by atoms with Crippen LogP contribution < -0.4 is 9.64 Å². The van der Waals surface area contributed by atoms with Crippen molar-refractivity contribution in [2.75, 3.05) is 18.6 Å². The summed E-state index contributed by atoms with van der Waals surface area (Å²) in [7, 11) is 1.60. The minimum Gasteiger partial charge on any atom is -0.495 e. The molecule has 98 valence electrons. The van der Waals surface area contributed by atoms with Crippen LogP contribution >= 0.6 is 0 Å². The summed E-state index contributed by atoms with van der Waals surface area (Å²) in [6, 6.07) is 5.79. The molecule has 1 aromatic heterocycles. The standard InChI is InChI=1S/C12H13N5O2/c1-19-9-6-2-4-8-5-3-7-17(10(8)9)12(18)11-13-15-16-14-11/h2,4,6H,3,5,7H2,1H3,(H,13,14,15,16). The van der Waals surface area contributed by atoms with Crippen LogP contribution in [0.2, 0.25) is 0 Å². The maximum atomic E-state index is 12.4. The van der Waals surface area contributed by atoms with E-state index in [2.05, 4.69) is 20.6 Å². The minimum absolute atomic E-state index is 0.0683.